The van der Waals surface area contributed by atoms with Crippen LogP contribution in [0.5, 0.6) is 0 Å². The number of anilines is 1. The number of urea groups is 1. The molecule has 0 saturated heterocycles. The van der Waals surface area contributed by atoms with Gasteiger partial charge in [-0.25, -0.2) is 9.18 Å². The van der Waals surface area contributed by atoms with Gasteiger partial charge in [0.1, 0.15) is 5.82 Å². The van der Waals surface area contributed by atoms with E-state index in [-0.39, 0.29) is 18.0 Å². The second-order valence-electron chi connectivity index (χ2n) is 4.86. The summed E-state index contributed by atoms with van der Waals surface area (Å²) in [6.07, 6.45) is 0. The normalized spacial score (nSPS) is 10.4. The Hall–Kier alpha value is -2.51. The van der Waals surface area contributed by atoms with Crippen molar-refractivity contribution in [2.45, 2.75) is 6.54 Å². The fraction of sp³-hybridized carbons (Fsp3) is 0.0588. The van der Waals surface area contributed by atoms with E-state index >= 15 is 0 Å². The van der Waals surface area contributed by atoms with Crippen LogP contribution in [0.25, 0.3) is 0 Å². The maximum absolute atomic E-state index is 13.5. The molecule has 2 heterocycles. The van der Waals surface area contributed by atoms with Crippen LogP contribution in [0.4, 0.5) is 14.9 Å². The molecule has 7 heteroatoms. The van der Waals surface area contributed by atoms with Crippen LogP contribution in [-0.4, -0.2) is 11.8 Å². The summed E-state index contributed by atoms with van der Waals surface area (Å²) in [6, 6.07) is 12.6. The van der Waals surface area contributed by atoms with Gasteiger partial charge in [0, 0.05) is 4.88 Å². The third-order valence-corrected chi connectivity index (χ3v) is 5.13. The van der Waals surface area contributed by atoms with Gasteiger partial charge in [0.25, 0.3) is 0 Å². The molecule has 24 heavy (non-hydrogen) atoms. The lowest BCUT2D eigenvalue weighted by atomic mass is 10.3. The molecule has 1 aromatic carbocycles. The average molecular weight is 360 g/mol. The molecule has 0 bridgehead atoms. The number of rotatable bonds is 5. The highest BCUT2D eigenvalue weighted by atomic mass is 32.1. The molecule has 4 nitrogen and oxygen atoms in total. The van der Waals surface area contributed by atoms with Crippen LogP contribution in [0, 0.1) is 5.82 Å². The number of carbonyl (C=O) groups is 2. The summed E-state index contributed by atoms with van der Waals surface area (Å²) < 4.78 is 13.5. The number of hydrogen-bond acceptors (Lipinski definition) is 4. The van der Waals surface area contributed by atoms with Crippen LogP contribution in [0.15, 0.2) is 53.9 Å². The molecule has 3 rings (SSSR count). The molecule has 0 aliphatic heterocycles. The van der Waals surface area contributed by atoms with Gasteiger partial charge in [0.15, 0.2) is 0 Å². The Balaban J connectivity index is 1.56. The quantitative estimate of drug-likeness (QED) is 0.658. The average Bonchev–Trinajstić information content (AvgIpc) is 3.26. The number of ketones is 1. The zero-order valence-electron chi connectivity index (χ0n) is 12.4. The molecule has 3 aromatic rings. The van der Waals surface area contributed by atoms with Gasteiger partial charge in [0.2, 0.25) is 5.78 Å². The lowest BCUT2D eigenvalue weighted by Crippen LogP contribution is -2.28. The van der Waals surface area contributed by atoms with Gasteiger partial charge < -0.3 is 10.6 Å². The molecule has 122 valence electrons. The Labute approximate surface area is 146 Å². The van der Waals surface area contributed by atoms with Crippen LogP contribution >= 0.6 is 22.7 Å². The van der Waals surface area contributed by atoms with Crippen molar-refractivity contribution in [1.29, 1.82) is 0 Å². The highest BCUT2D eigenvalue weighted by Gasteiger charge is 2.13. The van der Waals surface area contributed by atoms with Crippen LogP contribution < -0.4 is 10.6 Å². The first-order valence-electron chi connectivity index (χ1n) is 7.10. The van der Waals surface area contributed by atoms with Crippen LogP contribution in [0.3, 0.4) is 0 Å². The smallest absolute Gasteiger partial charge is 0.319 e. The second kappa shape index (κ2) is 7.37. The fourth-order valence-corrected chi connectivity index (χ4v) is 3.66. The molecular formula is C17H13FN2O2S2. The third kappa shape index (κ3) is 3.87. The first kappa shape index (κ1) is 16.4. The van der Waals surface area contributed by atoms with Crippen molar-refractivity contribution in [1.82, 2.24) is 5.32 Å². The molecule has 0 aliphatic carbocycles. The number of halogens is 1. The first-order chi connectivity index (χ1) is 11.6. The van der Waals surface area contributed by atoms with Gasteiger partial charge in [-0.05, 0) is 35.7 Å². The number of para-hydroxylation sites is 1. The number of nitrogens with one attached hydrogen (secondary N) is 2. The SMILES string of the molecule is O=C(NCc1ccc(C(=O)c2cccs2)s1)Nc1ccccc1F. The van der Waals surface area contributed by atoms with Gasteiger partial charge >= 0.3 is 6.03 Å². The molecule has 0 aliphatic rings. The number of amides is 2. The zero-order chi connectivity index (χ0) is 16.9. The van der Waals surface area contributed by atoms with Crippen LogP contribution in [-0.2, 0) is 6.54 Å². The molecule has 0 saturated carbocycles. The Morgan fingerprint density at radius 3 is 2.58 bits per heavy atom. The van der Waals surface area contributed by atoms with Crippen LogP contribution in [0.2, 0.25) is 0 Å². The summed E-state index contributed by atoms with van der Waals surface area (Å²) in [5, 5.41) is 6.95. The van der Waals surface area contributed by atoms with Crippen molar-refractivity contribution < 1.29 is 14.0 Å². The number of benzene rings is 1. The lowest BCUT2D eigenvalue weighted by Gasteiger charge is -2.07. The Morgan fingerprint density at radius 1 is 1.00 bits per heavy atom. The minimum atomic E-state index is -0.500. The predicted molar refractivity (Wildman–Crippen MR) is 94.3 cm³/mol. The Morgan fingerprint density at radius 2 is 1.83 bits per heavy atom. The van der Waals surface area contributed by atoms with Crippen molar-refractivity contribution in [3.8, 4) is 0 Å². The fourth-order valence-electron chi connectivity index (χ4n) is 2.02. The summed E-state index contributed by atoms with van der Waals surface area (Å²) in [7, 11) is 0. The molecule has 0 fully saturated rings. The minimum absolute atomic E-state index is 0.0166. The van der Waals surface area contributed by atoms with Crippen molar-refractivity contribution >= 4 is 40.2 Å². The van der Waals surface area contributed by atoms with Gasteiger partial charge in [0.05, 0.1) is 22.0 Å². The number of thiophene rings is 2. The molecule has 2 N–H and O–H groups in total. The van der Waals surface area contributed by atoms with Crippen molar-refractivity contribution in [2.24, 2.45) is 0 Å². The van der Waals surface area contributed by atoms with E-state index in [1.54, 1.807) is 30.3 Å². The summed E-state index contributed by atoms with van der Waals surface area (Å²) in [5.74, 6) is -0.510. The first-order valence-corrected chi connectivity index (χ1v) is 8.79. The molecule has 2 aromatic heterocycles. The van der Waals surface area contributed by atoms with E-state index in [9.17, 15) is 14.0 Å². The standard InChI is InChI=1S/C17H13FN2O2S2/c18-12-4-1-2-5-13(12)20-17(22)19-10-11-7-8-15(24-11)16(21)14-6-3-9-23-14/h1-9H,10H2,(H2,19,20,22). The van der Waals surface area contributed by atoms with Crippen LogP contribution in [0.1, 0.15) is 19.4 Å². The number of carbonyl (C=O) groups excluding carboxylic acids is 2. The topological polar surface area (TPSA) is 58.2 Å². The van der Waals surface area contributed by atoms with E-state index in [1.807, 2.05) is 11.4 Å². The molecule has 0 unspecified atom stereocenters. The Kier molecular flexibility index (Phi) is 5.02. The van der Waals surface area contributed by atoms with E-state index in [0.29, 0.717) is 9.75 Å². The van der Waals surface area contributed by atoms with Gasteiger partial charge in [-0.3, -0.25) is 4.79 Å². The molecule has 2 amide bonds. The van der Waals surface area contributed by atoms with E-state index in [2.05, 4.69) is 10.6 Å². The molecule has 0 radical (unpaired) electrons. The summed E-state index contributed by atoms with van der Waals surface area (Å²) >= 11 is 2.73. The maximum Gasteiger partial charge on any atom is 0.319 e. The largest absolute Gasteiger partial charge is 0.333 e. The van der Waals surface area contributed by atoms with Gasteiger partial charge in [-0.1, -0.05) is 18.2 Å². The zero-order valence-corrected chi connectivity index (χ0v) is 14.0. The summed E-state index contributed by atoms with van der Waals surface area (Å²) in [6.45, 7) is 0.267. The van der Waals surface area contributed by atoms with E-state index in [4.69, 9.17) is 0 Å². The third-order valence-electron chi connectivity index (χ3n) is 3.18. The second-order valence-corrected chi connectivity index (χ2v) is 6.98. The Bertz CT molecular complexity index is 859. The number of hydrogen-bond donors (Lipinski definition) is 2. The predicted octanol–water partition coefficient (Wildman–Crippen LogP) is 4.50. The van der Waals surface area contributed by atoms with Crippen molar-refractivity contribution in [3.63, 3.8) is 0 Å². The minimum Gasteiger partial charge on any atom is -0.333 e. The van der Waals surface area contributed by atoms with Crippen molar-refractivity contribution in [3.05, 3.63) is 74.4 Å². The maximum atomic E-state index is 13.5. The molecule has 0 spiro atoms. The molecular weight excluding hydrogens is 347 g/mol. The highest BCUT2D eigenvalue weighted by molar-refractivity contribution is 7.16. The van der Waals surface area contributed by atoms with Gasteiger partial charge in [-0.2, -0.15) is 0 Å². The van der Waals surface area contributed by atoms with E-state index in [1.165, 1.54) is 34.8 Å². The van der Waals surface area contributed by atoms with Gasteiger partial charge in [-0.15, -0.1) is 22.7 Å². The van der Waals surface area contributed by atoms with Crippen molar-refractivity contribution in [2.75, 3.05) is 5.32 Å². The van der Waals surface area contributed by atoms with E-state index < -0.39 is 11.8 Å². The monoisotopic (exact) mass is 360 g/mol. The lowest BCUT2D eigenvalue weighted by molar-refractivity contribution is 0.104. The molecule has 0 atom stereocenters. The summed E-state index contributed by atoms with van der Waals surface area (Å²) in [4.78, 5) is 26.2. The van der Waals surface area contributed by atoms with E-state index in [0.717, 1.165) is 4.88 Å². The summed E-state index contributed by atoms with van der Waals surface area (Å²) in [5.41, 5.74) is 0.120. The highest BCUT2D eigenvalue weighted by Crippen LogP contribution is 2.22.